The molecule has 2 nitrogen and oxygen atoms in total. The van der Waals surface area contributed by atoms with Crippen LogP contribution in [0.5, 0.6) is 0 Å². The van der Waals surface area contributed by atoms with E-state index in [9.17, 15) is 4.79 Å². The van der Waals surface area contributed by atoms with Crippen LogP contribution < -0.4 is 0 Å². The predicted octanol–water partition coefficient (Wildman–Crippen LogP) is 3.15. The highest BCUT2D eigenvalue weighted by Crippen LogP contribution is 2.18. The topological polar surface area (TPSA) is 20.3 Å². The van der Waals surface area contributed by atoms with Crippen LogP contribution in [-0.2, 0) is 0 Å². The number of nitrogens with zero attached hydrogens (tertiary/aromatic N) is 1. The van der Waals surface area contributed by atoms with Crippen molar-refractivity contribution in [3.63, 3.8) is 0 Å². The van der Waals surface area contributed by atoms with Gasteiger partial charge in [-0.25, -0.2) is 0 Å². The van der Waals surface area contributed by atoms with E-state index in [1.54, 1.807) is 0 Å². The largest absolute Gasteiger partial charge is 0.339 e. The molecule has 17 heavy (non-hydrogen) atoms. The van der Waals surface area contributed by atoms with E-state index in [2.05, 4.69) is 6.92 Å². The number of hydrogen-bond donors (Lipinski definition) is 0. The molecule has 1 fully saturated rings. The van der Waals surface area contributed by atoms with Crippen molar-refractivity contribution in [3.05, 3.63) is 34.9 Å². The van der Waals surface area contributed by atoms with Crippen LogP contribution in [0, 0.1) is 13.8 Å². The molecular weight excluding hydrogens is 234 g/mol. The fourth-order valence-corrected chi connectivity index (χ4v) is 2.30. The van der Waals surface area contributed by atoms with Crippen LogP contribution in [0.15, 0.2) is 18.2 Å². The first-order valence-corrected chi connectivity index (χ1v) is 6.52. The summed E-state index contributed by atoms with van der Waals surface area (Å²) < 4.78 is 0. The van der Waals surface area contributed by atoms with Gasteiger partial charge in [-0.05, 0) is 49.9 Å². The number of hydrogen-bond acceptors (Lipinski definition) is 1. The summed E-state index contributed by atoms with van der Waals surface area (Å²) in [6.07, 6.45) is 1.80. The molecule has 1 heterocycles. The van der Waals surface area contributed by atoms with Crippen molar-refractivity contribution in [2.75, 3.05) is 13.1 Å². The maximum absolute atomic E-state index is 12.3. The molecular formula is C14H18ClNO. The minimum Gasteiger partial charge on any atom is -0.339 e. The summed E-state index contributed by atoms with van der Waals surface area (Å²) in [7, 11) is 0. The van der Waals surface area contributed by atoms with E-state index < -0.39 is 0 Å². The van der Waals surface area contributed by atoms with Gasteiger partial charge < -0.3 is 4.90 Å². The smallest absolute Gasteiger partial charge is 0.253 e. The first-order chi connectivity index (χ1) is 8.08. The monoisotopic (exact) mass is 251 g/mol. The quantitative estimate of drug-likeness (QED) is 0.703. The van der Waals surface area contributed by atoms with Crippen molar-refractivity contribution in [3.8, 4) is 0 Å². The van der Waals surface area contributed by atoms with Gasteiger partial charge in [0.25, 0.3) is 5.91 Å². The molecule has 92 valence electrons. The Hall–Kier alpha value is -1.02. The van der Waals surface area contributed by atoms with Crippen LogP contribution in [0.25, 0.3) is 0 Å². The Bertz CT molecular complexity index is 422. The van der Waals surface area contributed by atoms with Gasteiger partial charge >= 0.3 is 0 Å². The third-order valence-corrected chi connectivity index (χ3v) is 3.90. The van der Waals surface area contributed by atoms with E-state index in [1.807, 2.05) is 30.0 Å². The molecule has 0 aromatic heterocycles. The standard InChI is InChI=1S/C14H18ClNO/c1-10-3-4-12(9-11(10)2)14(17)16-7-5-13(15)6-8-16/h3-4,9,13H,5-8H2,1-2H3. The molecule has 0 spiro atoms. The van der Waals surface area contributed by atoms with Gasteiger partial charge in [-0.1, -0.05) is 6.07 Å². The number of piperidine rings is 1. The second-order valence-electron chi connectivity index (χ2n) is 4.77. The average Bonchev–Trinajstić information content (AvgIpc) is 2.33. The Kier molecular flexibility index (Phi) is 3.72. The fraction of sp³-hybridized carbons (Fsp3) is 0.500. The summed E-state index contributed by atoms with van der Waals surface area (Å²) in [6.45, 7) is 5.65. The molecule has 0 unspecified atom stereocenters. The minimum absolute atomic E-state index is 0.136. The summed E-state index contributed by atoms with van der Waals surface area (Å²) in [5, 5.41) is 0.235. The van der Waals surface area contributed by atoms with E-state index in [0.717, 1.165) is 31.5 Å². The molecule has 3 heteroatoms. The van der Waals surface area contributed by atoms with Crippen molar-refractivity contribution in [1.29, 1.82) is 0 Å². The highest BCUT2D eigenvalue weighted by Gasteiger charge is 2.22. The summed E-state index contributed by atoms with van der Waals surface area (Å²) in [6, 6.07) is 5.90. The molecule has 1 amide bonds. The fourth-order valence-electron chi connectivity index (χ4n) is 2.11. The molecule has 0 atom stereocenters. The third-order valence-electron chi connectivity index (χ3n) is 3.47. The van der Waals surface area contributed by atoms with Crippen LogP contribution in [0.3, 0.4) is 0 Å². The number of carbonyl (C=O) groups is 1. The van der Waals surface area contributed by atoms with Crippen molar-refractivity contribution in [2.45, 2.75) is 32.1 Å². The van der Waals surface area contributed by atoms with Crippen molar-refractivity contribution < 1.29 is 4.79 Å². The maximum Gasteiger partial charge on any atom is 0.253 e. The average molecular weight is 252 g/mol. The molecule has 2 rings (SSSR count). The van der Waals surface area contributed by atoms with Gasteiger partial charge in [-0.15, -0.1) is 11.6 Å². The summed E-state index contributed by atoms with van der Waals surface area (Å²) >= 11 is 6.04. The van der Waals surface area contributed by atoms with Crippen LogP contribution in [0.1, 0.15) is 34.3 Å². The first kappa shape index (κ1) is 12.4. The van der Waals surface area contributed by atoms with E-state index in [0.29, 0.717) is 0 Å². The van der Waals surface area contributed by atoms with Gasteiger partial charge in [0.1, 0.15) is 0 Å². The van der Waals surface area contributed by atoms with Gasteiger partial charge in [-0.3, -0.25) is 4.79 Å². The molecule has 1 aliphatic heterocycles. The van der Waals surface area contributed by atoms with Crippen molar-refractivity contribution >= 4 is 17.5 Å². The number of likely N-dealkylation sites (tertiary alicyclic amines) is 1. The Morgan fingerprint density at radius 1 is 1.24 bits per heavy atom. The Labute approximate surface area is 108 Å². The van der Waals surface area contributed by atoms with Crippen molar-refractivity contribution in [1.82, 2.24) is 4.90 Å². The van der Waals surface area contributed by atoms with E-state index in [-0.39, 0.29) is 11.3 Å². The second kappa shape index (κ2) is 5.09. The maximum atomic E-state index is 12.3. The van der Waals surface area contributed by atoms with Crippen LogP contribution in [0.2, 0.25) is 0 Å². The molecule has 0 radical (unpaired) electrons. The Balaban J connectivity index is 2.11. The summed E-state index contributed by atoms with van der Waals surface area (Å²) in [5.41, 5.74) is 3.19. The lowest BCUT2D eigenvalue weighted by Crippen LogP contribution is -2.38. The lowest BCUT2D eigenvalue weighted by atomic mass is 10.0. The normalized spacial score (nSPS) is 17.2. The molecule has 1 saturated heterocycles. The molecule has 0 bridgehead atoms. The number of halogens is 1. The molecule has 1 aromatic carbocycles. The molecule has 0 N–H and O–H groups in total. The minimum atomic E-state index is 0.136. The van der Waals surface area contributed by atoms with Crippen LogP contribution >= 0.6 is 11.6 Å². The van der Waals surface area contributed by atoms with E-state index in [1.165, 1.54) is 11.1 Å². The number of rotatable bonds is 1. The Morgan fingerprint density at radius 3 is 2.47 bits per heavy atom. The highest BCUT2D eigenvalue weighted by molar-refractivity contribution is 6.20. The van der Waals surface area contributed by atoms with Gasteiger partial charge in [0.15, 0.2) is 0 Å². The SMILES string of the molecule is Cc1ccc(C(=O)N2CCC(Cl)CC2)cc1C. The molecule has 0 aliphatic carbocycles. The van der Waals surface area contributed by atoms with Crippen molar-refractivity contribution in [2.24, 2.45) is 0 Å². The zero-order chi connectivity index (χ0) is 12.4. The van der Waals surface area contributed by atoms with Gasteiger partial charge in [0.2, 0.25) is 0 Å². The number of amides is 1. The predicted molar refractivity (Wildman–Crippen MR) is 70.7 cm³/mol. The van der Waals surface area contributed by atoms with Gasteiger partial charge in [0, 0.05) is 24.0 Å². The number of alkyl halides is 1. The first-order valence-electron chi connectivity index (χ1n) is 6.08. The van der Waals surface area contributed by atoms with Gasteiger partial charge in [0.05, 0.1) is 0 Å². The zero-order valence-electron chi connectivity index (χ0n) is 10.4. The number of carbonyl (C=O) groups excluding carboxylic acids is 1. The van der Waals surface area contributed by atoms with E-state index in [4.69, 9.17) is 11.6 Å². The highest BCUT2D eigenvalue weighted by atomic mass is 35.5. The third kappa shape index (κ3) is 2.81. The second-order valence-corrected chi connectivity index (χ2v) is 5.38. The zero-order valence-corrected chi connectivity index (χ0v) is 11.1. The summed E-state index contributed by atoms with van der Waals surface area (Å²) in [4.78, 5) is 14.2. The lowest BCUT2D eigenvalue weighted by molar-refractivity contribution is 0.0726. The molecule has 1 aromatic rings. The molecule has 1 aliphatic rings. The Morgan fingerprint density at radius 2 is 1.88 bits per heavy atom. The van der Waals surface area contributed by atoms with Crippen LogP contribution in [-0.4, -0.2) is 29.3 Å². The number of aryl methyl sites for hydroxylation is 2. The lowest BCUT2D eigenvalue weighted by Gasteiger charge is -2.29. The molecule has 0 saturated carbocycles. The summed E-state index contributed by atoms with van der Waals surface area (Å²) in [5.74, 6) is 0.136. The van der Waals surface area contributed by atoms with Crippen LogP contribution in [0.4, 0.5) is 0 Å². The van der Waals surface area contributed by atoms with E-state index >= 15 is 0 Å². The number of benzene rings is 1. The van der Waals surface area contributed by atoms with Gasteiger partial charge in [-0.2, -0.15) is 0 Å².